The van der Waals surface area contributed by atoms with Crippen molar-refractivity contribution < 1.29 is 19.4 Å². The Bertz CT molecular complexity index is 622. The lowest BCUT2D eigenvalue weighted by Gasteiger charge is -2.33. The van der Waals surface area contributed by atoms with Crippen LogP contribution in [0.4, 0.5) is 0 Å². The first-order chi connectivity index (χ1) is 10.5. The second kappa shape index (κ2) is 6.07. The molecule has 1 N–H and O–H groups in total. The summed E-state index contributed by atoms with van der Waals surface area (Å²) in [7, 11) is 0. The average Bonchev–Trinajstić information content (AvgIpc) is 3.29. The number of ether oxygens (including phenoxy) is 1. The summed E-state index contributed by atoms with van der Waals surface area (Å²) in [6.45, 7) is 0.712. The molecule has 2 aliphatic rings. The van der Waals surface area contributed by atoms with Crippen LogP contribution in [-0.4, -0.2) is 47.7 Å². The number of aliphatic carboxylic acids is 1. The summed E-state index contributed by atoms with van der Waals surface area (Å²) in [5.74, 6) is -1.39. The number of carboxylic acid groups (broad SMARTS) is 1. The summed E-state index contributed by atoms with van der Waals surface area (Å²) in [4.78, 5) is 25.2. The van der Waals surface area contributed by atoms with Crippen LogP contribution >= 0.6 is 23.2 Å². The zero-order valence-electron chi connectivity index (χ0n) is 11.7. The third-order valence-corrected chi connectivity index (χ3v) is 5.02. The Morgan fingerprint density at radius 1 is 1.32 bits per heavy atom. The molecule has 1 aliphatic heterocycles. The first kappa shape index (κ1) is 15.6. The van der Waals surface area contributed by atoms with Gasteiger partial charge >= 0.3 is 5.97 Å². The van der Waals surface area contributed by atoms with E-state index < -0.39 is 12.0 Å². The minimum absolute atomic E-state index is 0.0102. The smallest absolute Gasteiger partial charge is 0.328 e. The second-order valence-corrected chi connectivity index (χ2v) is 6.34. The fraction of sp³-hybridized carbons (Fsp3) is 0.467. The number of hydrogen-bond donors (Lipinski definition) is 1. The van der Waals surface area contributed by atoms with Crippen LogP contribution in [0.5, 0.6) is 0 Å². The van der Waals surface area contributed by atoms with E-state index in [-0.39, 0.29) is 24.3 Å². The molecule has 1 heterocycles. The molecule has 1 saturated heterocycles. The largest absolute Gasteiger partial charge is 0.480 e. The molecule has 118 valence electrons. The molecule has 0 unspecified atom stereocenters. The van der Waals surface area contributed by atoms with Gasteiger partial charge in [0.25, 0.3) is 0 Å². The predicted octanol–water partition coefficient (Wildman–Crippen LogP) is 2.41. The topological polar surface area (TPSA) is 66.8 Å². The molecule has 1 aromatic carbocycles. The summed E-state index contributed by atoms with van der Waals surface area (Å²) in [6.07, 6.45) is 0.669. The van der Waals surface area contributed by atoms with E-state index in [1.165, 1.54) is 4.90 Å². The predicted molar refractivity (Wildman–Crippen MR) is 81.3 cm³/mol. The van der Waals surface area contributed by atoms with E-state index >= 15 is 0 Å². The summed E-state index contributed by atoms with van der Waals surface area (Å²) in [6, 6.07) is 4.46. The van der Waals surface area contributed by atoms with Gasteiger partial charge in [-0.1, -0.05) is 35.3 Å². The van der Waals surface area contributed by atoms with Crippen molar-refractivity contribution in [2.24, 2.45) is 5.92 Å². The number of carboxylic acids is 1. The average molecular weight is 344 g/mol. The van der Waals surface area contributed by atoms with E-state index in [1.54, 1.807) is 12.1 Å². The Morgan fingerprint density at radius 2 is 2.09 bits per heavy atom. The van der Waals surface area contributed by atoms with Crippen LogP contribution in [0.1, 0.15) is 17.9 Å². The highest BCUT2D eigenvalue weighted by molar-refractivity contribution is 6.42. The normalized spacial score (nSPS) is 27.5. The lowest BCUT2D eigenvalue weighted by Crippen LogP contribution is -2.53. The molecule has 0 aromatic heterocycles. The van der Waals surface area contributed by atoms with Gasteiger partial charge in [0, 0.05) is 12.5 Å². The van der Waals surface area contributed by atoms with Gasteiger partial charge in [-0.05, 0) is 24.0 Å². The molecular weight excluding hydrogens is 329 g/mol. The number of hydrogen-bond acceptors (Lipinski definition) is 3. The maximum absolute atomic E-state index is 12.6. The van der Waals surface area contributed by atoms with Gasteiger partial charge in [-0.3, -0.25) is 4.79 Å². The Morgan fingerprint density at radius 3 is 2.82 bits per heavy atom. The fourth-order valence-corrected chi connectivity index (χ4v) is 3.35. The van der Waals surface area contributed by atoms with Crippen LogP contribution in [0.3, 0.4) is 0 Å². The molecule has 22 heavy (non-hydrogen) atoms. The molecule has 3 atom stereocenters. The van der Waals surface area contributed by atoms with Gasteiger partial charge in [0.05, 0.1) is 23.3 Å². The maximum Gasteiger partial charge on any atom is 0.328 e. The Kier molecular flexibility index (Phi) is 4.30. The van der Waals surface area contributed by atoms with E-state index in [2.05, 4.69) is 0 Å². The molecule has 1 aliphatic carbocycles. The van der Waals surface area contributed by atoms with E-state index in [0.717, 1.165) is 5.56 Å². The molecular formula is C15H15Cl2NO4. The molecule has 0 radical (unpaired) electrons. The van der Waals surface area contributed by atoms with Crippen molar-refractivity contribution in [2.45, 2.75) is 18.4 Å². The number of carbonyl (C=O) groups excluding carboxylic acids is 1. The molecule has 5 nitrogen and oxygen atoms in total. The summed E-state index contributed by atoms with van der Waals surface area (Å²) in [5.41, 5.74) is 0.854. The van der Waals surface area contributed by atoms with Gasteiger partial charge in [-0.2, -0.15) is 0 Å². The maximum atomic E-state index is 12.6. The van der Waals surface area contributed by atoms with Crippen LogP contribution in [0.15, 0.2) is 18.2 Å². The number of amides is 1. The Hall–Kier alpha value is -1.30. The zero-order chi connectivity index (χ0) is 15.9. The summed E-state index contributed by atoms with van der Waals surface area (Å²) >= 11 is 12.2. The van der Waals surface area contributed by atoms with E-state index in [0.29, 0.717) is 29.6 Å². The number of carbonyl (C=O) groups is 2. The third-order valence-electron chi connectivity index (χ3n) is 4.19. The third kappa shape index (κ3) is 2.81. The van der Waals surface area contributed by atoms with Crippen molar-refractivity contribution >= 4 is 35.1 Å². The first-order valence-electron chi connectivity index (χ1n) is 7.05. The minimum atomic E-state index is -1.04. The summed E-state index contributed by atoms with van der Waals surface area (Å²) in [5, 5.41) is 10.1. The lowest BCUT2D eigenvalue weighted by molar-refractivity contribution is -0.158. The molecule has 2 fully saturated rings. The van der Waals surface area contributed by atoms with Crippen molar-refractivity contribution in [1.82, 2.24) is 4.90 Å². The minimum Gasteiger partial charge on any atom is -0.480 e. The van der Waals surface area contributed by atoms with Gasteiger partial charge in [0.15, 0.2) is 6.04 Å². The highest BCUT2D eigenvalue weighted by atomic mass is 35.5. The van der Waals surface area contributed by atoms with Crippen LogP contribution in [0.2, 0.25) is 10.0 Å². The molecule has 0 spiro atoms. The van der Waals surface area contributed by atoms with E-state index in [1.807, 2.05) is 6.07 Å². The van der Waals surface area contributed by atoms with Crippen molar-refractivity contribution in [3.8, 4) is 0 Å². The van der Waals surface area contributed by atoms with Gasteiger partial charge in [0.1, 0.15) is 0 Å². The van der Waals surface area contributed by atoms with Gasteiger partial charge in [-0.15, -0.1) is 0 Å². The van der Waals surface area contributed by atoms with Crippen LogP contribution < -0.4 is 0 Å². The van der Waals surface area contributed by atoms with Crippen molar-refractivity contribution in [3.63, 3.8) is 0 Å². The first-order valence-corrected chi connectivity index (χ1v) is 7.81. The lowest BCUT2D eigenvalue weighted by atomic mass is 10.1. The number of nitrogens with zero attached hydrogens (tertiary/aromatic N) is 1. The standard InChI is InChI=1S/C15H15Cl2NO4/c16-11-3-1-2-8(13(11)17)9-6-10(9)14(19)18-4-5-22-7-12(18)15(20)21/h1-3,9-10,12H,4-7H2,(H,20,21)/t9-,10+,12-/m0/s1. The number of rotatable bonds is 3. The fourth-order valence-electron chi connectivity index (χ4n) is 2.90. The zero-order valence-corrected chi connectivity index (χ0v) is 13.2. The SMILES string of the molecule is O=C(O)[C@@H]1COCCN1C(=O)[C@@H]1C[C@H]1c1cccc(Cl)c1Cl. The van der Waals surface area contributed by atoms with Crippen LogP contribution in [0.25, 0.3) is 0 Å². The number of halogens is 2. The number of morpholine rings is 1. The Labute approximate surface area is 137 Å². The van der Waals surface area contributed by atoms with Crippen molar-refractivity contribution in [1.29, 1.82) is 0 Å². The highest BCUT2D eigenvalue weighted by Crippen LogP contribution is 2.51. The van der Waals surface area contributed by atoms with E-state index in [4.69, 9.17) is 27.9 Å². The highest BCUT2D eigenvalue weighted by Gasteiger charge is 2.49. The molecule has 0 bridgehead atoms. The second-order valence-electron chi connectivity index (χ2n) is 5.55. The summed E-state index contributed by atoms with van der Waals surface area (Å²) < 4.78 is 5.16. The van der Waals surface area contributed by atoms with E-state index in [9.17, 15) is 14.7 Å². The molecule has 7 heteroatoms. The number of benzene rings is 1. The molecule has 1 saturated carbocycles. The molecule has 1 aromatic rings. The Balaban J connectivity index is 1.74. The quantitative estimate of drug-likeness (QED) is 0.915. The molecule has 3 rings (SSSR count). The monoisotopic (exact) mass is 343 g/mol. The van der Waals surface area contributed by atoms with Gasteiger partial charge < -0.3 is 14.7 Å². The van der Waals surface area contributed by atoms with Gasteiger partial charge in [0.2, 0.25) is 5.91 Å². The van der Waals surface area contributed by atoms with Gasteiger partial charge in [-0.25, -0.2) is 4.79 Å². The van der Waals surface area contributed by atoms with Crippen molar-refractivity contribution in [2.75, 3.05) is 19.8 Å². The van der Waals surface area contributed by atoms with Crippen LogP contribution in [-0.2, 0) is 14.3 Å². The van der Waals surface area contributed by atoms with Crippen molar-refractivity contribution in [3.05, 3.63) is 33.8 Å². The van der Waals surface area contributed by atoms with Crippen LogP contribution in [0, 0.1) is 5.92 Å². The molecule has 1 amide bonds.